The van der Waals surface area contributed by atoms with Crippen molar-refractivity contribution in [3.8, 4) is 5.75 Å². The van der Waals surface area contributed by atoms with Crippen LogP contribution in [0.5, 0.6) is 5.75 Å². The smallest absolute Gasteiger partial charge is 0.296 e. The number of nitrogens with zero attached hydrogens (tertiary/aromatic N) is 4. The predicted octanol–water partition coefficient (Wildman–Crippen LogP) is 0.836. The van der Waals surface area contributed by atoms with E-state index in [1.165, 1.54) is 11.6 Å². The molecule has 116 valence electrons. The van der Waals surface area contributed by atoms with Gasteiger partial charge < -0.3 is 5.11 Å². The normalized spacial score (nSPS) is 14.0. The van der Waals surface area contributed by atoms with Gasteiger partial charge in [-0.2, -0.15) is 4.91 Å². The van der Waals surface area contributed by atoms with Gasteiger partial charge in [-0.15, -0.1) is 0 Å². The van der Waals surface area contributed by atoms with Crippen LogP contribution < -0.4 is 5.56 Å². The van der Waals surface area contributed by atoms with Gasteiger partial charge in [0.25, 0.3) is 5.56 Å². The highest BCUT2D eigenvalue weighted by Crippen LogP contribution is 2.22. The molecule has 2 unspecified atom stereocenters. The van der Waals surface area contributed by atoms with E-state index in [1.54, 1.807) is 14.0 Å². The molecule has 21 heavy (non-hydrogen) atoms. The summed E-state index contributed by atoms with van der Waals surface area (Å²) in [5.74, 6) is -0.292. The van der Waals surface area contributed by atoms with Gasteiger partial charge in [0.05, 0.1) is 6.04 Å². The van der Waals surface area contributed by atoms with E-state index < -0.39 is 17.4 Å². The molecule has 0 spiro atoms. The number of likely N-dealkylation sites (N-methyl/N-ethyl adjacent to an activating group) is 1. The van der Waals surface area contributed by atoms with Crippen LogP contribution >= 0.6 is 0 Å². The quantitative estimate of drug-likeness (QED) is 0.590. The van der Waals surface area contributed by atoms with E-state index in [-0.39, 0.29) is 11.7 Å². The summed E-state index contributed by atoms with van der Waals surface area (Å²) in [5.41, 5.74) is -0.947. The number of rotatable bonds is 7. The Morgan fingerprint density at radius 1 is 1.52 bits per heavy atom. The van der Waals surface area contributed by atoms with E-state index >= 15 is 0 Å². The second-order valence-electron chi connectivity index (χ2n) is 5.00. The lowest BCUT2D eigenvalue weighted by Gasteiger charge is -2.28. The number of aromatic nitrogens is 2. The van der Waals surface area contributed by atoms with Crippen LogP contribution in [0.3, 0.4) is 0 Å². The molecule has 1 rings (SSSR count). The van der Waals surface area contributed by atoms with Crippen LogP contribution in [0.4, 0.5) is 0 Å². The minimum absolute atomic E-state index is 0.272. The van der Waals surface area contributed by atoms with Crippen molar-refractivity contribution in [3.05, 3.63) is 26.8 Å². The Morgan fingerprint density at radius 2 is 2.14 bits per heavy atom. The van der Waals surface area contributed by atoms with Crippen molar-refractivity contribution < 1.29 is 9.90 Å². The van der Waals surface area contributed by atoms with Crippen LogP contribution in [0.15, 0.2) is 9.97 Å². The number of hydrogen-bond donors (Lipinski definition) is 1. The molecule has 0 radical (unpaired) electrons. The Labute approximate surface area is 122 Å². The third-order valence-corrected chi connectivity index (χ3v) is 3.39. The molecule has 0 aliphatic carbocycles. The van der Waals surface area contributed by atoms with Crippen LogP contribution in [0.1, 0.15) is 42.6 Å². The molecule has 1 N–H and O–H groups in total. The maximum absolute atomic E-state index is 11.9. The second-order valence-corrected chi connectivity index (χ2v) is 5.00. The molecule has 0 aliphatic heterocycles. The maximum atomic E-state index is 11.9. The SMILES string of the molecule is CCC(c1nc(C=O)c(O)c(=O)n1C)N(C)CC(C)N=O. The number of aldehydes is 1. The Balaban J connectivity index is 3.28. The van der Waals surface area contributed by atoms with E-state index in [1.807, 2.05) is 11.8 Å². The summed E-state index contributed by atoms with van der Waals surface area (Å²) in [6, 6.07) is -0.671. The zero-order valence-corrected chi connectivity index (χ0v) is 12.6. The van der Waals surface area contributed by atoms with E-state index in [4.69, 9.17) is 0 Å². The lowest BCUT2D eigenvalue weighted by atomic mass is 10.1. The van der Waals surface area contributed by atoms with Crippen molar-refractivity contribution in [2.24, 2.45) is 12.2 Å². The van der Waals surface area contributed by atoms with Crippen molar-refractivity contribution in [1.82, 2.24) is 14.5 Å². The summed E-state index contributed by atoms with van der Waals surface area (Å²) in [6.45, 7) is 3.99. The minimum Gasteiger partial charge on any atom is -0.501 e. The van der Waals surface area contributed by atoms with Gasteiger partial charge in [-0.25, -0.2) is 4.98 Å². The van der Waals surface area contributed by atoms with E-state index in [2.05, 4.69) is 10.2 Å². The first-order valence-corrected chi connectivity index (χ1v) is 6.65. The Kier molecular flexibility index (Phi) is 5.71. The fourth-order valence-electron chi connectivity index (χ4n) is 2.27. The monoisotopic (exact) mass is 296 g/mol. The molecule has 0 saturated heterocycles. The molecule has 8 heteroatoms. The summed E-state index contributed by atoms with van der Waals surface area (Å²) >= 11 is 0. The highest BCUT2D eigenvalue weighted by atomic mass is 16.3. The standard InChI is InChI=1S/C13H20N4O4/c1-5-10(16(3)6-8(2)15-21)12-14-9(7-18)11(19)13(20)17(12)4/h7-8,10,19H,5-6H2,1-4H3. The third-order valence-electron chi connectivity index (χ3n) is 3.39. The van der Waals surface area contributed by atoms with Gasteiger partial charge in [0.1, 0.15) is 11.9 Å². The van der Waals surface area contributed by atoms with Crippen molar-refractivity contribution in [3.63, 3.8) is 0 Å². The molecule has 1 heterocycles. The number of hydrogen-bond acceptors (Lipinski definition) is 7. The lowest BCUT2D eigenvalue weighted by molar-refractivity contribution is 0.111. The summed E-state index contributed by atoms with van der Waals surface area (Å²) < 4.78 is 1.21. The molecule has 8 nitrogen and oxygen atoms in total. The van der Waals surface area contributed by atoms with E-state index in [0.29, 0.717) is 25.1 Å². The van der Waals surface area contributed by atoms with Gasteiger partial charge in [0, 0.05) is 13.6 Å². The molecule has 1 aromatic heterocycles. The molecule has 0 aliphatic rings. The first kappa shape index (κ1) is 17.0. The van der Waals surface area contributed by atoms with Gasteiger partial charge in [0.15, 0.2) is 12.0 Å². The van der Waals surface area contributed by atoms with Gasteiger partial charge >= 0.3 is 0 Å². The zero-order valence-electron chi connectivity index (χ0n) is 12.6. The topological polar surface area (TPSA) is 105 Å². The predicted molar refractivity (Wildman–Crippen MR) is 77.4 cm³/mol. The highest BCUT2D eigenvalue weighted by Gasteiger charge is 2.24. The van der Waals surface area contributed by atoms with Gasteiger partial charge in [-0.1, -0.05) is 12.1 Å². The van der Waals surface area contributed by atoms with Gasteiger partial charge in [-0.3, -0.25) is 19.1 Å². The van der Waals surface area contributed by atoms with Crippen LogP contribution in [0, 0.1) is 4.91 Å². The number of carbonyl (C=O) groups excluding carboxylic acids is 1. The molecule has 2 atom stereocenters. The van der Waals surface area contributed by atoms with Crippen LogP contribution in [-0.2, 0) is 7.05 Å². The van der Waals surface area contributed by atoms with Crippen LogP contribution in [-0.4, -0.2) is 45.5 Å². The number of aromatic hydroxyl groups is 1. The fourth-order valence-corrected chi connectivity index (χ4v) is 2.27. The maximum Gasteiger partial charge on any atom is 0.296 e. The molecule has 0 bridgehead atoms. The van der Waals surface area contributed by atoms with E-state index in [0.717, 1.165) is 0 Å². The van der Waals surface area contributed by atoms with Gasteiger partial charge in [0.2, 0.25) is 5.75 Å². The first-order valence-electron chi connectivity index (χ1n) is 6.65. The molecule has 0 aromatic carbocycles. The molecule has 0 amide bonds. The third kappa shape index (κ3) is 3.52. The number of nitroso groups, excluding NO2 is 1. The Morgan fingerprint density at radius 3 is 2.62 bits per heavy atom. The summed E-state index contributed by atoms with van der Waals surface area (Å²) in [5, 5.41) is 12.5. The summed E-state index contributed by atoms with van der Waals surface area (Å²) in [7, 11) is 3.27. The summed E-state index contributed by atoms with van der Waals surface area (Å²) in [4.78, 5) is 39.3. The molecular formula is C13H20N4O4. The fraction of sp³-hybridized carbons (Fsp3) is 0.615. The van der Waals surface area contributed by atoms with Gasteiger partial charge in [-0.05, 0) is 20.4 Å². The van der Waals surface area contributed by atoms with Crippen molar-refractivity contribution in [1.29, 1.82) is 0 Å². The molecule has 1 aromatic rings. The average Bonchev–Trinajstić information content (AvgIpc) is 2.47. The Bertz CT molecular complexity index is 584. The minimum atomic E-state index is -0.671. The zero-order chi connectivity index (χ0) is 16.2. The molecular weight excluding hydrogens is 276 g/mol. The number of carbonyl (C=O) groups is 1. The van der Waals surface area contributed by atoms with Crippen molar-refractivity contribution >= 4 is 6.29 Å². The largest absolute Gasteiger partial charge is 0.501 e. The lowest BCUT2D eigenvalue weighted by Crippen LogP contribution is -2.35. The highest BCUT2D eigenvalue weighted by molar-refractivity contribution is 5.75. The van der Waals surface area contributed by atoms with Crippen LogP contribution in [0.2, 0.25) is 0 Å². The molecule has 0 fully saturated rings. The molecule has 0 saturated carbocycles. The first-order chi connectivity index (χ1) is 9.87. The van der Waals surface area contributed by atoms with Crippen LogP contribution in [0.25, 0.3) is 0 Å². The Hall–Kier alpha value is -2.09. The van der Waals surface area contributed by atoms with Crippen molar-refractivity contribution in [2.75, 3.05) is 13.6 Å². The average molecular weight is 296 g/mol. The summed E-state index contributed by atoms with van der Waals surface area (Å²) in [6.07, 6.45) is 0.966. The second kappa shape index (κ2) is 7.07. The van der Waals surface area contributed by atoms with Crippen molar-refractivity contribution in [2.45, 2.75) is 32.4 Å². The van der Waals surface area contributed by atoms with E-state index in [9.17, 15) is 19.6 Å².